The topological polar surface area (TPSA) is 90.3 Å². The molecule has 1 N–H and O–H groups in total. The molecule has 1 atom stereocenters. The number of Topliss-reactive ketones (excluding diaryl/α,β-unsaturated/α-hetero) is 1. The maximum atomic E-state index is 12.5. The van der Waals surface area contributed by atoms with E-state index >= 15 is 0 Å². The van der Waals surface area contributed by atoms with Crippen LogP contribution in [0.3, 0.4) is 0 Å². The van der Waals surface area contributed by atoms with Gasteiger partial charge in [0.25, 0.3) is 0 Å². The number of carbonyl (C=O) groups excluding carboxylic acids is 1. The SMILES string of the molecule is COc1cnn(C(C)C)c1C(=O)CC1CS(=O)(=O)CCN1. The van der Waals surface area contributed by atoms with Crippen LogP contribution in [0.2, 0.25) is 0 Å². The minimum atomic E-state index is -3.06. The van der Waals surface area contributed by atoms with Crippen molar-refractivity contribution in [3.05, 3.63) is 11.9 Å². The van der Waals surface area contributed by atoms with E-state index in [0.29, 0.717) is 18.0 Å². The Morgan fingerprint density at radius 1 is 1.57 bits per heavy atom. The summed E-state index contributed by atoms with van der Waals surface area (Å²) < 4.78 is 30.1. The third-order valence-electron chi connectivity index (χ3n) is 3.47. The molecule has 1 unspecified atom stereocenters. The number of ketones is 1. The Morgan fingerprint density at radius 2 is 2.29 bits per heavy atom. The molecule has 0 bridgehead atoms. The van der Waals surface area contributed by atoms with Gasteiger partial charge in [0.2, 0.25) is 0 Å². The van der Waals surface area contributed by atoms with Gasteiger partial charge < -0.3 is 10.1 Å². The lowest BCUT2D eigenvalue weighted by Crippen LogP contribution is -2.46. The Hall–Kier alpha value is -1.41. The Morgan fingerprint density at radius 3 is 2.86 bits per heavy atom. The van der Waals surface area contributed by atoms with Crippen molar-refractivity contribution in [2.75, 3.05) is 25.2 Å². The molecular formula is C13H21N3O4S. The van der Waals surface area contributed by atoms with Crippen LogP contribution in [-0.2, 0) is 9.84 Å². The van der Waals surface area contributed by atoms with Gasteiger partial charge in [-0.1, -0.05) is 0 Å². The predicted octanol–water partition coefficient (Wildman–Crippen LogP) is 0.432. The van der Waals surface area contributed by atoms with Gasteiger partial charge in [-0.05, 0) is 13.8 Å². The van der Waals surface area contributed by atoms with Crippen molar-refractivity contribution < 1.29 is 17.9 Å². The third kappa shape index (κ3) is 3.62. The highest BCUT2D eigenvalue weighted by molar-refractivity contribution is 7.91. The van der Waals surface area contributed by atoms with E-state index in [1.54, 1.807) is 4.68 Å². The average molecular weight is 315 g/mol. The molecule has 0 spiro atoms. The number of ether oxygens (including phenoxy) is 1. The number of hydrogen-bond acceptors (Lipinski definition) is 6. The standard InChI is InChI=1S/C13H21N3O4S/c1-9(2)16-13(12(20-3)7-15-16)11(17)6-10-8-21(18,19)5-4-14-10/h7,9-10,14H,4-6,8H2,1-3H3. The minimum Gasteiger partial charge on any atom is -0.493 e. The molecule has 1 aromatic rings. The zero-order chi connectivity index (χ0) is 15.6. The monoisotopic (exact) mass is 315 g/mol. The van der Waals surface area contributed by atoms with Crippen LogP contribution in [0, 0.1) is 0 Å². The van der Waals surface area contributed by atoms with Crippen molar-refractivity contribution in [3.63, 3.8) is 0 Å². The summed E-state index contributed by atoms with van der Waals surface area (Å²) in [5.74, 6) is 0.391. The normalized spacial score (nSPS) is 21.4. The number of carbonyl (C=O) groups is 1. The number of sulfone groups is 1. The van der Waals surface area contributed by atoms with Gasteiger partial charge >= 0.3 is 0 Å². The number of hydrogen-bond donors (Lipinski definition) is 1. The molecule has 1 aliphatic heterocycles. The molecule has 1 aliphatic rings. The lowest BCUT2D eigenvalue weighted by Gasteiger charge is -2.23. The maximum Gasteiger partial charge on any atom is 0.186 e. The number of nitrogens with zero attached hydrogens (tertiary/aromatic N) is 2. The summed E-state index contributed by atoms with van der Waals surface area (Å²) in [7, 11) is -1.57. The van der Waals surface area contributed by atoms with E-state index in [4.69, 9.17) is 4.74 Å². The molecule has 0 radical (unpaired) electrons. The summed E-state index contributed by atoms with van der Waals surface area (Å²) in [5, 5.41) is 7.24. The number of rotatable bonds is 5. The fraction of sp³-hybridized carbons (Fsp3) is 0.692. The molecule has 1 aromatic heterocycles. The number of aromatic nitrogens is 2. The third-order valence-corrected chi connectivity index (χ3v) is 5.20. The summed E-state index contributed by atoms with van der Waals surface area (Å²) in [6.07, 6.45) is 1.63. The van der Waals surface area contributed by atoms with Crippen molar-refractivity contribution >= 4 is 15.6 Å². The van der Waals surface area contributed by atoms with Crippen LogP contribution in [0.15, 0.2) is 6.20 Å². The van der Waals surface area contributed by atoms with E-state index in [2.05, 4.69) is 10.4 Å². The van der Waals surface area contributed by atoms with Gasteiger partial charge in [-0.3, -0.25) is 9.48 Å². The van der Waals surface area contributed by atoms with E-state index in [1.165, 1.54) is 13.3 Å². The fourth-order valence-corrected chi connectivity index (χ4v) is 3.92. The molecule has 7 nitrogen and oxygen atoms in total. The number of nitrogens with one attached hydrogen (secondary N) is 1. The number of methoxy groups -OCH3 is 1. The molecule has 0 saturated carbocycles. The molecule has 8 heteroatoms. The molecule has 1 fully saturated rings. The van der Waals surface area contributed by atoms with Crippen molar-refractivity contribution in [2.24, 2.45) is 0 Å². The van der Waals surface area contributed by atoms with E-state index in [9.17, 15) is 13.2 Å². The quantitative estimate of drug-likeness (QED) is 0.793. The second-order valence-corrected chi connectivity index (χ2v) is 7.72. The molecule has 0 aromatic carbocycles. The van der Waals surface area contributed by atoms with E-state index < -0.39 is 9.84 Å². The lowest BCUT2D eigenvalue weighted by molar-refractivity contribution is 0.0956. The minimum absolute atomic E-state index is 0.00310. The summed E-state index contributed by atoms with van der Waals surface area (Å²) in [6, 6.07) is -0.327. The smallest absolute Gasteiger partial charge is 0.186 e. The largest absolute Gasteiger partial charge is 0.493 e. The van der Waals surface area contributed by atoms with Crippen LogP contribution in [0.25, 0.3) is 0 Å². The first-order valence-corrected chi connectivity index (χ1v) is 8.74. The second-order valence-electron chi connectivity index (χ2n) is 5.49. The molecule has 0 amide bonds. The molecule has 118 valence electrons. The summed E-state index contributed by atoms with van der Waals surface area (Å²) >= 11 is 0. The maximum absolute atomic E-state index is 12.5. The van der Waals surface area contributed by atoms with Crippen molar-refractivity contribution in [3.8, 4) is 5.75 Å². The molecular weight excluding hydrogens is 294 g/mol. The Bertz CT molecular complexity index is 621. The van der Waals surface area contributed by atoms with Gasteiger partial charge in [-0.15, -0.1) is 0 Å². The molecule has 2 heterocycles. The Kier molecular flexibility index (Phi) is 4.67. The van der Waals surface area contributed by atoms with Crippen molar-refractivity contribution in [2.45, 2.75) is 32.4 Å². The van der Waals surface area contributed by atoms with Crippen LogP contribution in [0.4, 0.5) is 0 Å². The Labute approximate surface area is 124 Å². The van der Waals surface area contributed by atoms with Crippen LogP contribution < -0.4 is 10.1 Å². The van der Waals surface area contributed by atoms with E-state index in [0.717, 1.165) is 0 Å². The summed E-state index contributed by atoms with van der Waals surface area (Å²) in [6.45, 7) is 4.24. The van der Waals surface area contributed by atoms with Crippen LogP contribution >= 0.6 is 0 Å². The highest BCUT2D eigenvalue weighted by Gasteiger charge is 2.29. The average Bonchev–Trinajstić information content (AvgIpc) is 2.81. The van der Waals surface area contributed by atoms with Gasteiger partial charge in [-0.25, -0.2) is 8.42 Å². The molecule has 0 aliphatic carbocycles. The highest BCUT2D eigenvalue weighted by Crippen LogP contribution is 2.23. The predicted molar refractivity (Wildman–Crippen MR) is 78.6 cm³/mol. The first-order chi connectivity index (χ1) is 9.84. The first kappa shape index (κ1) is 16.0. The first-order valence-electron chi connectivity index (χ1n) is 6.92. The molecule has 21 heavy (non-hydrogen) atoms. The molecule has 1 saturated heterocycles. The second kappa shape index (κ2) is 6.15. The van der Waals surface area contributed by atoms with Gasteiger partial charge in [0, 0.05) is 25.0 Å². The van der Waals surface area contributed by atoms with Crippen molar-refractivity contribution in [1.29, 1.82) is 0 Å². The fourth-order valence-electron chi connectivity index (χ4n) is 2.47. The highest BCUT2D eigenvalue weighted by atomic mass is 32.2. The summed E-state index contributed by atoms with van der Waals surface area (Å²) in [5.41, 5.74) is 0.400. The van der Waals surface area contributed by atoms with Gasteiger partial charge in [0.05, 0.1) is 24.8 Å². The van der Waals surface area contributed by atoms with Gasteiger partial charge in [-0.2, -0.15) is 5.10 Å². The van der Waals surface area contributed by atoms with Gasteiger partial charge in [0.1, 0.15) is 5.69 Å². The van der Waals surface area contributed by atoms with Crippen LogP contribution in [-0.4, -0.2) is 55.2 Å². The summed E-state index contributed by atoms with van der Waals surface area (Å²) in [4.78, 5) is 12.5. The van der Waals surface area contributed by atoms with Crippen LogP contribution in [0.1, 0.15) is 36.8 Å². The van der Waals surface area contributed by atoms with Crippen molar-refractivity contribution in [1.82, 2.24) is 15.1 Å². The lowest BCUT2D eigenvalue weighted by atomic mass is 10.1. The zero-order valence-electron chi connectivity index (χ0n) is 12.5. The Balaban J connectivity index is 2.18. The van der Waals surface area contributed by atoms with Crippen LogP contribution in [0.5, 0.6) is 5.75 Å². The molecule has 2 rings (SSSR count). The van der Waals surface area contributed by atoms with E-state index in [1.807, 2.05) is 13.8 Å². The van der Waals surface area contributed by atoms with E-state index in [-0.39, 0.29) is 35.8 Å². The van der Waals surface area contributed by atoms with Gasteiger partial charge in [0.15, 0.2) is 21.4 Å². The zero-order valence-corrected chi connectivity index (χ0v) is 13.3.